The monoisotopic (exact) mass is 289 g/mol. The number of rotatable bonds is 4. The number of piperidine rings is 1. The summed E-state index contributed by atoms with van der Waals surface area (Å²) in [5.41, 5.74) is 0.863. The van der Waals surface area contributed by atoms with Gasteiger partial charge in [0.25, 0.3) is 5.91 Å². The molecule has 1 amide bonds. The molecule has 116 valence electrons. The number of hydrogen-bond acceptors (Lipinski definition) is 2. The van der Waals surface area contributed by atoms with Gasteiger partial charge >= 0.3 is 0 Å². The zero-order chi connectivity index (χ0) is 14.7. The molecule has 2 fully saturated rings. The molecule has 4 nitrogen and oxygen atoms in total. The fourth-order valence-electron chi connectivity index (χ4n) is 3.84. The lowest BCUT2D eigenvalue weighted by molar-refractivity contribution is 0.0759. The van der Waals surface area contributed by atoms with Crippen molar-refractivity contribution in [1.82, 2.24) is 14.8 Å². The van der Waals surface area contributed by atoms with Crippen molar-refractivity contribution in [1.29, 1.82) is 0 Å². The molecule has 1 N–H and O–H groups in total. The smallest absolute Gasteiger partial charge is 0.270 e. The van der Waals surface area contributed by atoms with Crippen LogP contribution in [0.15, 0.2) is 18.3 Å². The Morgan fingerprint density at radius 1 is 1.29 bits per heavy atom. The highest BCUT2D eigenvalue weighted by Crippen LogP contribution is 2.26. The molecule has 0 bridgehead atoms. The van der Waals surface area contributed by atoms with Crippen molar-refractivity contribution in [3.63, 3.8) is 0 Å². The number of amides is 1. The Bertz CT molecular complexity index is 470. The van der Waals surface area contributed by atoms with Crippen LogP contribution < -0.4 is 5.32 Å². The largest absolute Gasteiger partial charge is 0.340 e. The summed E-state index contributed by atoms with van der Waals surface area (Å²) in [4.78, 5) is 14.7. The van der Waals surface area contributed by atoms with Crippen LogP contribution in [-0.4, -0.2) is 42.1 Å². The molecule has 0 unspecified atom stereocenters. The Balaban J connectivity index is 1.67. The van der Waals surface area contributed by atoms with E-state index in [9.17, 15) is 4.79 Å². The number of carbonyl (C=O) groups excluding carboxylic acids is 1. The molecule has 2 heterocycles. The summed E-state index contributed by atoms with van der Waals surface area (Å²) in [7, 11) is 1.96. The van der Waals surface area contributed by atoms with Gasteiger partial charge in [0.1, 0.15) is 5.69 Å². The maximum atomic E-state index is 12.7. The average Bonchev–Trinajstić information content (AvgIpc) is 3.18. The van der Waals surface area contributed by atoms with Gasteiger partial charge in [0.05, 0.1) is 0 Å². The minimum absolute atomic E-state index is 0.186. The predicted octanol–water partition coefficient (Wildman–Crippen LogP) is 2.67. The number of hydrogen-bond donors (Lipinski definition) is 1. The van der Waals surface area contributed by atoms with Gasteiger partial charge in [0.2, 0.25) is 0 Å². The first-order valence-electron chi connectivity index (χ1n) is 8.38. The quantitative estimate of drug-likeness (QED) is 0.925. The first-order valence-corrected chi connectivity index (χ1v) is 8.38. The fourth-order valence-corrected chi connectivity index (χ4v) is 3.84. The van der Waals surface area contributed by atoms with E-state index in [-0.39, 0.29) is 5.91 Å². The van der Waals surface area contributed by atoms with Gasteiger partial charge in [-0.3, -0.25) is 4.79 Å². The molecule has 1 aromatic heterocycles. The third-order valence-corrected chi connectivity index (χ3v) is 5.05. The van der Waals surface area contributed by atoms with Crippen LogP contribution in [0.2, 0.25) is 0 Å². The maximum absolute atomic E-state index is 12.7. The minimum atomic E-state index is 0.186. The number of nitrogens with one attached hydrogen (secondary N) is 1. The lowest BCUT2D eigenvalue weighted by atomic mass is 10.1. The summed E-state index contributed by atoms with van der Waals surface area (Å²) >= 11 is 0. The van der Waals surface area contributed by atoms with Crippen molar-refractivity contribution in [2.75, 3.05) is 26.7 Å². The van der Waals surface area contributed by atoms with E-state index in [4.69, 9.17) is 0 Å². The van der Waals surface area contributed by atoms with E-state index >= 15 is 0 Å². The molecule has 0 spiro atoms. The Morgan fingerprint density at radius 3 is 2.71 bits per heavy atom. The summed E-state index contributed by atoms with van der Waals surface area (Å²) in [6.45, 7) is 3.01. The average molecular weight is 289 g/mol. The Hall–Kier alpha value is -1.29. The second kappa shape index (κ2) is 6.65. The fraction of sp³-hybridized carbons (Fsp3) is 0.706. The molecule has 21 heavy (non-hydrogen) atoms. The number of aromatic nitrogens is 1. The van der Waals surface area contributed by atoms with Gasteiger partial charge in [-0.1, -0.05) is 12.8 Å². The molecule has 1 saturated heterocycles. The summed E-state index contributed by atoms with van der Waals surface area (Å²) < 4.78 is 2.20. The predicted molar refractivity (Wildman–Crippen MR) is 84.5 cm³/mol. The van der Waals surface area contributed by atoms with Crippen molar-refractivity contribution in [2.24, 2.45) is 5.92 Å². The van der Waals surface area contributed by atoms with Gasteiger partial charge < -0.3 is 14.8 Å². The zero-order valence-electron chi connectivity index (χ0n) is 13.1. The van der Waals surface area contributed by atoms with Gasteiger partial charge in [0, 0.05) is 25.8 Å². The zero-order valence-corrected chi connectivity index (χ0v) is 13.1. The van der Waals surface area contributed by atoms with Crippen LogP contribution in [0.4, 0.5) is 0 Å². The second-order valence-corrected chi connectivity index (χ2v) is 6.62. The molecule has 0 radical (unpaired) electrons. The number of nitrogens with zero attached hydrogens (tertiary/aromatic N) is 2. The third-order valence-electron chi connectivity index (χ3n) is 5.05. The highest BCUT2D eigenvalue weighted by molar-refractivity contribution is 5.92. The van der Waals surface area contributed by atoms with Crippen LogP contribution in [-0.2, 0) is 0 Å². The minimum Gasteiger partial charge on any atom is -0.340 e. The molecule has 3 rings (SSSR count). The Morgan fingerprint density at radius 2 is 2.00 bits per heavy atom. The molecule has 2 aliphatic rings. The van der Waals surface area contributed by atoms with Crippen molar-refractivity contribution in [3.05, 3.63) is 24.0 Å². The summed E-state index contributed by atoms with van der Waals surface area (Å²) in [5, 5.41) is 3.39. The third kappa shape index (κ3) is 3.31. The highest BCUT2D eigenvalue weighted by atomic mass is 16.2. The van der Waals surface area contributed by atoms with Crippen LogP contribution in [0, 0.1) is 5.92 Å². The van der Waals surface area contributed by atoms with Gasteiger partial charge in [-0.05, 0) is 56.8 Å². The van der Waals surface area contributed by atoms with Gasteiger partial charge in [0.15, 0.2) is 0 Å². The van der Waals surface area contributed by atoms with E-state index in [1.807, 2.05) is 24.1 Å². The van der Waals surface area contributed by atoms with E-state index in [2.05, 4.69) is 16.1 Å². The first kappa shape index (κ1) is 14.6. The molecular formula is C17H27N3O. The first-order chi connectivity index (χ1) is 10.3. The standard InChI is InChI=1S/C17H27N3O/c1-19(13-14-5-2-3-6-14)17(21)16-7-4-12-20(16)15-8-10-18-11-9-15/h4,7,12,14-15,18H,2-3,5-6,8-11,13H2,1H3. The van der Waals surface area contributed by atoms with Gasteiger partial charge in [-0.2, -0.15) is 0 Å². The summed E-state index contributed by atoms with van der Waals surface area (Å²) in [6, 6.07) is 4.47. The Kier molecular flexibility index (Phi) is 4.63. The summed E-state index contributed by atoms with van der Waals surface area (Å²) in [5.74, 6) is 0.895. The van der Waals surface area contributed by atoms with Gasteiger partial charge in [-0.15, -0.1) is 0 Å². The Labute approximate surface area is 127 Å². The topological polar surface area (TPSA) is 37.3 Å². The van der Waals surface area contributed by atoms with Crippen LogP contribution in [0.3, 0.4) is 0 Å². The molecule has 1 aliphatic heterocycles. The van der Waals surface area contributed by atoms with E-state index in [1.165, 1.54) is 25.7 Å². The molecule has 4 heteroatoms. The molecule has 0 aromatic carbocycles. The lowest BCUT2D eigenvalue weighted by Gasteiger charge is -2.27. The van der Waals surface area contributed by atoms with E-state index in [0.717, 1.165) is 38.2 Å². The molecule has 0 atom stereocenters. The highest BCUT2D eigenvalue weighted by Gasteiger charge is 2.24. The van der Waals surface area contributed by atoms with Crippen molar-refractivity contribution in [3.8, 4) is 0 Å². The molecule has 1 aliphatic carbocycles. The van der Waals surface area contributed by atoms with Crippen LogP contribution >= 0.6 is 0 Å². The molecule has 1 saturated carbocycles. The SMILES string of the molecule is CN(CC1CCCC1)C(=O)c1cccn1C1CCNCC1. The lowest BCUT2D eigenvalue weighted by Crippen LogP contribution is -2.35. The van der Waals surface area contributed by atoms with Crippen molar-refractivity contribution >= 4 is 5.91 Å². The van der Waals surface area contributed by atoms with Crippen LogP contribution in [0.25, 0.3) is 0 Å². The molecule has 1 aromatic rings. The van der Waals surface area contributed by atoms with E-state index in [1.54, 1.807) is 0 Å². The van der Waals surface area contributed by atoms with Crippen LogP contribution in [0.5, 0.6) is 0 Å². The second-order valence-electron chi connectivity index (χ2n) is 6.62. The van der Waals surface area contributed by atoms with Crippen molar-refractivity contribution < 1.29 is 4.79 Å². The van der Waals surface area contributed by atoms with E-state index < -0.39 is 0 Å². The number of carbonyl (C=O) groups is 1. The normalized spacial score (nSPS) is 20.8. The van der Waals surface area contributed by atoms with Gasteiger partial charge in [-0.25, -0.2) is 0 Å². The maximum Gasteiger partial charge on any atom is 0.270 e. The van der Waals surface area contributed by atoms with Crippen molar-refractivity contribution in [2.45, 2.75) is 44.6 Å². The van der Waals surface area contributed by atoms with E-state index in [0.29, 0.717) is 12.0 Å². The van der Waals surface area contributed by atoms with Crippen LogP contribution in [0.1, 0.15) is 55.1 Å². The summed E-state index contributed by atoms with van der Waals surface area (Å²) in [6.07, 6.45) is 9.53. The molecular weight excluding hydrogens is 262 g/mol.